The Morgan fingerprint density at radius 1 is 1.17 bits per heavy atom. The standard InChI is InChI=1S/C18H21FN4O/c19-14-5-6-15-16(21-24-17(15)13-14)3-2-8-22-9-11-23(12-10-22)18-4-1-7-20-18/h1,4-7,13,20H,2-3,8-12H2. The summed E-state index contributed by atoms with van der Waals surface area (Å²) in [6.07, 6.45) is 3.85. The number of nitrogens with one attached hydrogen (secondary N) is 1. The van der Waals surface area contributed by atoms with Crippen molar-refractivity contribution in [2.24, 2.45) is 0 Å². The summed E-state index contributed by atoms with van der Waals surface area (Å²) in [4.78, 5) is 8.14. The van der Waals surface area contributed by atoms with E-state index in [1.165, 1.54) is 18.0 Å². The van der Waals surface area contributed by atoms with Gasteiger partial charge in [0.05, 0.1) is 5.69 Å². The van der Waals surface area contributed by atoms with Crippen LogP contribution < -0.4 is 4.90 Å². The van der Waals surface area contributed by atoms with Gasteiger partial charge in [0.2, 0.25) is 0 Å². The van der Waals surface area contributed by atoms with Crippen LogP contribution in [0.4, 0.5) is 10.2 Å². The molecule has 3 heterocycles. The van der Waals surface area contributed by atoms with Crippen LogP contribution in [0.25, 0.3) is 11.0 Å². The number of aryl methyl sites for hydroxylation is 1. The van der Waals surface area contributed by atoms with Gasteiger partial charge in [0, 0.05) is 43.8 Å². The van der Waals surface area contributed by atoms with E-state index < -0.39 is 0 Å². The highest BCUT2D eigenvalue weighted by atomic mass is 19.1. The quantitative estimate of drug-likeness (QED) is 0.782. The van der Waals surface area contributed by atoms with Gasteiger partial charge in [-0.2, -0.15) is 0 Å². The zero-order chi connectivity index (χ0) is 16.4. The van der Waals surface area contributed by atoms with E-state index in [2.05, 4.69) is 26.0 Å². The van der Waals surface area contributed by atoms with Gasteiger partial charge in [-0.1, -0.05) is 5.16 Å². The Hall–Kier alpha value is -2.34. The minimum absolute atomic E-state index is 0.287. The van der Waals surface area contributed by atoms with Crippen LogP contribution in [0.2, 0.25) is 0 Å². The molecule has 1 N–H and O–H groups in total. The molecule has 1 fully saturated rings. The summed E-state index contributed by atoms with van der Waals surface area (Å²) in [5.74, 6) is 0.918. The lowest BCUT2D eigenvalue weighted by Crippen LogP contribution is -2.46. The fourth-order valence-electron chi connectivity index (χ4n) is 3.34. The van der Waals surface area contributed by atoms with Crippen molar-refractivity contribution in [2.75, 3.05) is 37.6 Å². The molecule has 2 aromatic heterocycles. The first kappa shape index (κ1) is 15.2. The number of hydrogen-bond donors (Lipinski definition) is 1. The lowest BCUT2D eigenvalue weighted by Gasteiger charge is -2.35. The number of hydrogen-bond acceptors (Lipinski definition) is 4. The third kappa shape index (κ3) is 3.14. The molecular weight excluding hydrogens is 307 g/mol. The van der Waals surface area contributed by atoms with Crippen LogP contribution in [0.15, 0.2) is 41.1 Å². The Labute approximate surface area is 140 Å². The zero-order valence-electron chi connectivity index (χ0n) is 13.5. The van der Waals surface area contributed by atoms with Crippen LogP contribution in [0.3, 0.4) is 0 Å². The van der Waals surface area contributed by atoms with Crippen molar-refractivity contribution in [3.05, 3.63) is 48.0 Å². The predicted octanol–water partition coefficient (Wildman–Crippen LogP) is 3.05. The van der Waals surface area contributed by atoms with Crippen LogP contribution in [-0.4, -0.2) is 47.8 Å². The summed E-state index contributed by atoms with van der Waals surface area (Å²) < 4.78 is 18.4. The van der Waals surface area contributed by atoms with Crippen molar-refractivity contribution in [2.45, 2.75) is 12.8 Å². The summed E-state index contributed by atoms with van der Waals surface area (Å²) in [6, 6.07) is 8.77. The number of fused-ring (bicyclic) bond motifs is 1. The van der Waals surface area contributed by atoms with Gasteiger partial charge in [0.1, 0.15) is 11.6 Å². The van der Waals surface area contributed by atoms with Crippen LogP contribution in [0, 0.1) is 5.82 Å². The maximum absolute atomic E-state index is 13.2. The third-order valence-corrected chi connectivity index (χ3v) is 4.69. The molecule has 0 atom stereocenters. The Kier molecular flexibility index (Phi) is 4.21. The number of halogens is 1. The first-order valence-electron chi connectivity index (χ1n) is 8.44. The van der Waals surface area contributed by atoms with Gasteiger partial charge in [-0.15, -0.1) is 0 Å². The zero-order valence-corrected chi connectivity index (χ0v) is 13.5. The number of benzene rings is 1. The summed E-state index contributed by atoms with van der Waals surface area (Å²) in [6.45, 7) is 5.29. The van der Waals surface area contributed by atoms with Gasteiger partial charge in [-0.25, -0.2) is 4.39 Å². The van der Waals surface area contributed by atoms with E-state index in [9.17, 15) is 4.39 Å². The number of aromatic nitrogens is 2. The van der Waals surface area contributed by atoms with Gasteiger partial charge >= 0.3 is 0 Å². The Morgan fingerprint density at radius 2 is 2.04 bits per heavy atom. The summed E-state index contributed by atoms with van der Waals surface area (Å²) in [7, 11) is 0. The van der Waals surface area contributed by atoms with E-state index in [1.807, 2.05) is 12.3 Å². The molecule has 1 aliphatic heterocycles. The smallest absolute Gasteiger partial charge is 0.170 e. The Balaban J connectivity index is 1.27. The van der Waals surface area contributed by atoms with Crippen molar-refractivity contribution >= 4 is 16.8 Å². The maximum Gasteiger partial charge on any atom is 0.170 e. The number of aromatic amines is 1. The highest BCUT2D eigenvalue weighted by Crippen LogP contribution is 2.21. The molecule has 0 spiro atoms. The van der Waals surface area contributed by atoms with Crippen molar-refractivity contribution < 1.29 is 8.91 Å². The topological polar surface area (TPSA) is 48.3 Å². The number of piperazine rings is 1. The van der Waals surface area contributed by atoms with Crippen molar-refractivity contribution in [1.82, 2.24) is 15.0 Å². The lowest BCUT2D eigenvalue weighted by atomic mass is 10.1. The Morgan fingerprint density at radius 3 is 2.83 bits per heavy atom. The normalized spacial score (nSPS) is 16.1. The number of nitrogens with zero attached hydrogens (tertiary/aromatic N) is 3. The first-order valence-corrected chi connectivity index (χ1v) is 8.44. The molecule has 1 aromatic carbocycles. The average molecular weight is 328 g/mol. The number of H-pyrrole nitrogens is 1. The lowest BCUT2D eigenvalue weighted by molar-refractivity contribution is 0.254. The SMILES string of the molecule is Fc1ccc2c(CCCN3CCN(c4ccc[nH]4)CC3)noc2c1. The molecule has 126 valence electrons. The van der Waals surface area contributed by atoms with Gasteiger partial charge in [-0.3, -0.25) is 4.90 Å². The molecule has 0 unspecified atom stereocenters. The summed E-state index contributed by atoms with van der Waals surface area (Å²) in [5, 5.41) is 5.02. The molecule has 0 bridgehead atoms. The first-order chi connectivity index (χ1) is 11.8. The third-order valence-electron chi connectivity index (χ3n) is 4.69. The highest BCUT2D eigenvalue weighted by molar-refractivity contribution is 5.79. The van der Waals surface area contributed by atoms with E-state index in [0.717, 1.165) is 56.6 Å². The molecule has 0 radical (unpaired) electrons. The molecule has 1 saturated heterocycles. The van der Waals surface area contributed by atoms with Crippen molar-refractivity contribution in [3.8, 4) is 0 Å². The molecule has 24 heavy (non-hydrogen) atoms. The second kappa shape index (κ2) is 6.65. The second-order valence-electron chi connectivity index (χ2n) is 6.26. The van der Waals surface area contributed by atoms with Gasteiger partial charge < -0.3 is 14.4 Å². The molecule has 5 nitrogen and oxygen atoms in total. The van der Waals surface area contributed by atoms with Crippen LogP contribution in [0.5, 0.6) is 0 Å². The van der Waals surface area contributed by atoms with Crippen LogP contribution >= 0.6 is 0 Å². The van der Waals surface area contributed by atoms with Crippen LogP contribution in [-0.2, 0) is 6.42 Å². The monoisotopic (exact) mass is 328 g/mol. The van der Waals surface area contributed by atoms with Crippen LogP contribution in [0.1, 0.15) is 12.1 Å². The van der Waals surface area contributed by atoms with Crippen molar-refractivity contribution in [1.29, 1.82) is 0 Å². The molecular formula is C18H21FN4O. The minimum Gasteiger partial charge on any atom is -0.356 e. The van der Waals surface area contributed by atoms with E-state index in [1.54, 1.807) is 6.07 Å². The summed E-state index contributed by atoms with van der Waals surface area (Å²) >= 11 is 0. The molecule has 6 heteroatoms. The molecule has 1 aliphatic rings. The van der Waals surface area contributed by atoms with Gasteiger partial charge in [-0.05, 0) is 43.7 Å². The summed E-state index contributed by atoms with van der Waals surface area (Å²) in [5.41, 5.74) is 1.46. The number of rotatable bonds is 5. The van der Waals surface area contributed by atoms with E-state index in [4.69, 9.17) is 4.52 Å². The molecule has 0 saturated carbocycles. The van der Waals surface area contributed by atoms with Gasteiger partial charge in [0.15, 0.2) is 5.58 Å². The minimum atomic E-state index is -0.287. The second-order valence-corrected chi connectivity index (χ2v) is 6.26. The maximum atomic E-state index is 13.2. The highest BCUT2D eigenvalue weighted by Gasteiger charge is 2.17. The van der Waals surface area contributed by atoms with E-state index in [0.29, 0.717) is 5.58 Å². The fraction of sp³-hybridized carbons (Fsp3) is 0.389. The number of anilines is 1. The van der Waals surface area contributed by atoms with E-state index >= 15 is 0 Å². The predicted molar refractivity (Wildman–Crippen MR) is 91.7 cm³/mol. The Bertz CT molecular complexity index is 791. The van der Waals surface area contributed by atoms with Gasteiger partial charge in [0.25, 0.3) is 0 Å². The molecule has 3 aromatic rings. The molecule has 0 amide bonds. The largest absolute Gasteiger partial charge is 0.356 e. The fourth-order valence-corrected chi connectivity index (χ4v) is 3.34. The van der Waals surface area contributed by atoms with Crippen molar-refractivity contribution in [3.63, 3.8) is 0 Å². The molecule has 4 rings (SSSR count). The average Bonchev–Trinajstić information content (AvgIpc) is 3.25. The molecule has 0 aliphatic carbocycles. The van der Waals surface area contributed by atoms with E-state index in [-0.39, 0.29) is 5.82 Å².